The number of hydrogen-bond donors (Lipinski definition) is 2. The Hall–Kier alpha value is -2.25. The van der Waals surface area contributed by atoms with E-state index in [0.29, 0.717) is 59.7 Å². The number of fused-ring (bicyclic) bond motifs is 1. The topological polar surface area (TPSA) is 70.7 Å². The van der Waals surface area contributed by atoms with E-state index in [-0.39, 0.29) is 24.2 Å². The molecule has 1 aliphatic carbocycles. The smallest absolute Gasteiger partial charge is 0.255 e. The molecule has 4 aliphatic rings. The van der Waals surface area contributed by atoms with E-state index in [1.165, 1.54) is 17.7 Å². The van der Waals surface area contributed by atoms with Crippen molar-refractivity contribution < 1.29 is 18.7 Å². The fourth-order valence-corrected chi connectivity index (χ4v) is 5.81. The van der Waals surface area contributed by atoms with Crippen LogP contribution in [0.3, 0.4) is 0 Å². The fourth-order valence-electron chi connectivity index (χ4n) is 5.81. The van der Waals surface area contributed by atoms with Gasteiger partial charge >= 0.3 is 0 Å². The predicted octanol–water partition coefficient (Wildman–Crippen LogP) is 3.05. The zero-order valence-electron chi connectivity index (χ0n) is 18.5. The summed E-state index contributed by atoms with van der Waals surface area (Å²) in [5.41, 5.74) is 2.18. The fraction of sp³-hybridized carbons (Fsp3) is 0.600. The second-order valence-electron chi connectivity index (χ2n) is 9.73. The summed E-state index contributed by atoms with van der Waals surface area (Å²) in [5.74, 6) is -0.376. The quantitative estimate of drug-likeness (QED) is 0.737. The molecule has 1 saturated carbocycles. The Kier molecular flexibility index (Phi) is 6.03. The lowest BCUT2D eigenvalue weighted by atomic mass is 9.80. The number of nitrogens with one attached hydrogen (secondary N) is 2. The van der Waals surface area contributed by atoms with Crippen LogP contribution in [0.15, 0.2) is 24.4 Å². The van der Waals surface area contributed by atoms with Gasteiger partial charge in [0, 0.05) is 35.5 Å². The normalized spacial score (nSPS) is 30.5. The SMILES string of the molecule is C=C1CCC(N2Cc3c(ccc(C[C@H]4CCCC[C@@H]4N[C@H]4CCOC4)c3F)C2=O)C(=O)N1. The van der Waals surface area contributed by atoms with Crippen molar-refractivity contribution in [1.29, 1.82) is 0 Å². The van der Waals surface area contributed by atoms with Crippen LogP contribution < -0.4 is 10.6 Å². The van der Waals surface area contributed by atoms with E-state index in [4.69, 9.17) is 4.74 Å². The Bertz CT molecular complexity index is 927. The first-order valence-corrected chi connectivity index (χ1v) is 11.9. The lowest BCUT2D eigenvalue weighted by molar-refractivity contribution is -0.126. The number of amides is 2. The maximum absolute atomic E-state index is 15.6. The summed E-state index contributed by atoms with van der Waals surface area (Å²) < 4.78 is 21.1. The van der Waals surface area contributed by atoms with E-state index in [1.54, 1.807) is 12.1 Å². The molecule has 1 aromatic rings. The van der Waals surface area contributed by atoms with E-state index >= 15 is 4.39 Å². The molecule has 5 rings (SSSR count). The van der Waals surface area contributed by atoms with Crippen LogP contribution in [0.2, 0.25) is 0 Å². The van der Waals surface area contributed by atoms with Gasteiger partial charge in [-0.1, -0.05) is 25.5 Å². The molecule has 2 saturated heterocycles. The highest BCUT2D eigenvalue weighted by molar-refractivity contribution is 6.01. The number of piperidine rings is 1. The number of nitrogens with zero attached hydrogens (tertiary/aromatic N) is 1. The van der Waals surface area contributed by atoms with Gasteiger partial charge in [-0.2, -0.15) is 0 Å². The van der Waals surface area contributed by atoms with E-state index < -0.39 is 6.04 Å². The monoisotopic (exact) mass is 441 g/mol. The highest BCUT2D eigenvalue weighted by Crippen LogP contribution is 2.34. The second-order valence-corrected chi connectivity index (χ2v) is 9.73. The highest BCUT2D eigenvalue weighted by atomic mass is 19.1. The molecule has 0 spiro atoms. The molecule has 7 heteroatoms. The van der Waals surface area contributed by atoms with Crippen molar-refractivity contribution in [3.63, 3.8) is 0 Å². The number of benzene rings is 1. The average Bonchev–Trinajstić information content (AvgIpc) is 3.40. The van der Waals surface area contributed by atoms with Crippen LogP contribution in [0.25, 0.3) is 0 Å². The Balaban J connectivity index is 1.32. The van der Waals surface area contributed by atoms with Crippen molar-refractivity contribution >= 4 is 11.8 Å². The van der Waals surface area contributed by atoms with Gasteiger partial charge in [0.2, 0.25) is 5.91 Å². The third-order valence-corrected chi connectivity index (χ3v) is 7.61. The second kappa shape index (κ2) is 8.94. The number of hydrogen-bond acceptors (Lipinski definition) is 4. The van der Waals surface area contributed by atoms with Gasteiger partial charge in [0.15, 0.2) is 0 Å². The average molecular weight is 442 g/mol. The molecule has 2 amide bonds. The Morgan fingerprint density at radius 3 is 2.81 bits per heavy atom. The molecule has 32 heavy (non-hydrogen) atoms. The molecule has 0 bridgehead atoms. The molecule has 0 aromatic heterocycles. The van der Waals surface area contributed by atoms with E-state index in [1.807, 2.05) is 0 Å². The van der Waals surface area contributed by atoms with Crippen molar-refractivity contribution in [1.82, 2.24) is 15.5 Å². The molecule has 6 nitrogen and oxygen atoms in total. The third kappa shape index (κ3) is 4.08. The van der Waals surface area contributed by atoms with Crippen LogP contribution in [0.5, 0.6) is 0 Å². The summed E-state index contributed by atoms with van der Waals surface area (Å²) in [6.45, 7) is 5.52. The summed E-state index contributed by atoms with van der Waals surface area (Å²) in [6.07, 6.45) is 7.43. The molecule has 0 radical (unpaired) electrons. The summed E-state index contributed by atoms with van der Waals surface area (Å²) >= 11 is 0. The Labute approximate surface area is 188 Å². The minimum atomic E-state index is -0.566. The lowest BCUT2D eigenvalue weighted by Gasteiger charge is -2.34. The third-order valence-electron chi connectivity index (χ3n) is 7.61. The van der Waals surface area contributed by atoms with Crippen molar-refractivity contribution in [3.8, 4) is 0 Å². The molecule has 1 unspecified atom stereocenters. The summed E-state index contributed by atoms with van der Waals surface area (Å²) in [7, 11) is 0. The Morgan fingerprint density at radius 1 is 1.19 bits per heavy atom. The molecule has 2 N–H and O–H groups in total. The highest BCUT2D eigenvalue weighted by Gasteiger charge is 2.40. The minimum absolute atomic E-state index is 0.157. The maximum Gasteiger partial charge on any atom is 0.255 e. The number of ether oxygens (including phenoxy) is 1. The maximum atomic E-state index is 15.6. The van der Waals surface area contributed by atoms with Crippen LogP contribution in [-0.4, -0.2) is 48.1 Å². The van der Waals surface area contributed by atoms with Gasteiger partial charge in [0.1, 0.15) is 11.9 Å². The zero-order chi connectivity index (χ0) is 22.2. The van der Waals surface area contributed by atoms with Crippen LogP contribution in [0.4, 0.5) is 4.39 Å². The van der Waals surface area contributed by atoms with Gasteiger partial charge in [0.05, 0.1) is 13.2 Å². The first kappa shape index (κ1) is 21.6. The van der Waals surface area contributed by atoms with E-state index in [9.17, 15) is 9.59 Å². The summed E-state index contributed by atoms with van der Waals surface area (Å²) in [6, 6.07) is 3.74. The minimum Gasteiger partial charge on any atom is -0.380 e. The molecule has 3 aliphatic heterocycles. The van der Waals surface area contributed by atoms with Crippen molar-refractivity contribution in [2.45, 2.75) is 76.0 Å². The van der Waals surface area contributed by atoms with Gasteiger partial charge in [-0.15, -0.1) is 0 Å². The molecule has 3 heterocycles. The molecular weight excluding hydrogens is 409 g/mol. The van der Waals surface area contributed by atoms with E-state index in [2.05, 4.69) is 17.2 Å². The number of allylic oxidation sites excluding steroid dienone is 1. The molecular formula is C25H32FN3O3. The molecule has 1 aromatic carbocycles. The predicted molar refractivity (Wildman–Crippen MR) is 118 cm³/mol. The van der Waals surface area contributed by atoms with Crippen LogP contribution in [-0.2, 0) is 22.5 Å². The van der Waals surface area contributed by atoms with Crippen LogP contribution in [0, 0.1) is 11.7 Å². The van der Waals surface area contributed by atoms with Crippen LogP contribution >= 0.6 is 0 Å². The molecule has 3 fully saturated rings. The van der Waals surface area contributed by atoms with Crippen molar-refractivity contribution in [2.24, 2.45) is 5.92 Å². The Morgan fingerprint density at radius 2 is 2.03 bits per heavy atom. The van der Waals surface area contributed by atoms with Crippen LogP contribution in [0.1, 0.15) is 66.4 Å². The lowest BCUT2D eigenvalue weighted by Crippen LogP contribution is -2.49. The van der Waals surface area contributed by atoms with Gasteiger partial charge in [-0.3, -0.25) is 9.59 Å². The first-order chi connectivity index (χ1) is 15.5. The van der Waals surface area contributed by atoms with Gasteiger partial charge in [-0.05, 0) is 56.1 Å². The summed E-state index contributed by atoms with van der Waals surface area (Å²) in [4.78, 5) is 26.9. The van der Waals surface area contributed by atoms with Gasteiger partial charge < -0.3 is 20.3 Å². The number of halogens is 1. The summed E-state index contributed by atoms with van der Waals surface area (Å²) in [5, 5.41) is 6.50. The van der Waals surface area contributed by atoms with E-state index in [0.717, 1.165) is 32.5 Å². The van der Waals surface area contributed by atoms with Crippen molar-refractivity contribution in [3.05, 3.63) is 46.9 Å². The van der Waals surface area contributed by atoms with Gasteiger partial charge in [0.25, 0.3) is 5.91 Å². The number of carbonyl (C=O) groups is 2. The zero-order valence-corrected chi connectivity index (χ0v) is 18.5. The first-order valence-electron chi connectivity index (χ1n) is 11.9. The largest absolute Gasteiger partial charge is 0.380 e. The van der Waals surface area contributed by atoms with Gasteiger partial charge in [-0.25, -0.2) is 4.39 Å². The molecule has 172 valence electrons. The number of rotatable bonds is 5. The standard InChI is InChI=1S/C25H32FN3O3/c1-15-6-9-22(24(30)27-15)29-13-20-19(25(29)31)8-7-17(23(20)26)12-16-4-2-3-5-21(16)28-18-10-11-32-14-18/h7-8,16,18,21-22,28H,1-6,9-14H2,(H,27,30)/t16-,18+,21+,22?/m1/s1. The number of carbonyl (C=O) groups excluding carboxylic acids is 2. The van der Waals surface area contributed by atoms with Crippen molar-refractivity contribution in [2.75, 3.05) is 13.2 Å². The molecule has 4 atom stereocenters.